The van der Waals surface area contributed by atoms with Crippen molar-refractivity contribution in [1.29, 1.82) is 0 Å². The van der Waals surface area contributed by atoms with E-state index in [0.29, 0.717) is 18.3 Å². The van der Waals surface area contributed by atoms with Gasteiger partial charge in [0.1, 0.15) is 6.61 Å². The number of anilines is 1. The molecule has 2 aromatic carbocycles. The van der Waals surface area contributed by atoms with E-state index in [0.717, 1.165) is 21.7 Å². The van der Waals surface area contributed by atoms with Crippen molar-refractivity contribution >= 4 is 22.4 Å². The van der Waals surface area contributed by atoms with Gasteiger partial charge in [-0.1, -0.05) is 71.0 Å². The monoisotopic (exact) mass is 396 g/mol. The van der Waals surface area contributed by atoms with Crippen LogP contribution in [0.25, 0.3) is 21.7 Å². The van der Waals surface area contributed by atoms with E-state index in [-0.39, 0.29) is 12.5 Å². The lowest BCUT2D eigenvalue weighted by molar-refractivity contribution is -0.121. The van der Waals surface area contributed by atoms with Crippen molar-refractivity contribution in [2.75, 3.05) is 32.2 Å². The number of methoxy groups -OCH3 is 1. The third-order valence-corrected chi connectivity index (χ3v) is 5.20. The molecule has 0 fully saturated rings. The van der Waals surface area contributed by atoms with Crippen molar-refractivity contribution in [3.05, 3.63) is 59.7 Å². The van der Waals surface area contributed by atoms with Crippen molar-refractivity contribution in [3.8, 4) is 21.7 Å². The summed E-state index contributed by atoms with van der Waals surface area (Å²) in [6, 6.07) is 16.6. The highest BCUT2D eigenvalue weighted by atomic mass is 32.1. The van der Waals surface area contributed by atoms with Gasteiger partial charge in [-0.3, -0.25) is 10.1 Å². The molecule has 1 heterocycles. The number of benzene rings is 2. The quantitative estimate of drug-likeness (QED) is 0.561. The summed E-state index contributed by atoms with van der Waals surface area (Å²) in [6.07, 6.45) is 0. The number of carbonyl (C=O) groups is 1. The highest BCUT2D eigenvalue weighted by molar-refractivity contribution is 7.19. The summed E-state index contributed by atoms with van der Waals surface area (Å²) in [4.78, 5) is 17.9. The number of carbonyl (C=O) groups excluding carboxylic acids is 1. The molecule has 1 aromatic heterocycles. The minimum Gasteiger partial charge on any atom is -0.382 e. The van der Waals surface area contributed by atoms with Crippen LogP contribution in [0.5, 0.6) is 0 Å². The van der Waals surface area contributed by atoms with Gasteiger partial charge in [-0.2, -0.15) is 0 Å². The molecule has 0 bridgehead atoms. The number of thiazole rings is 1. The van der Waals surface area contributed by atoms with E-state index in [4.69, 9.17) is 14.5 Å². The summed E-state index contributed by atoms with van der Waals surface area (Å²) in [7, 11) is 1.60. The zero-order valence-electron chi connectivity index (χ0n) is 16.3. The van der Waals surface area contributed by atoms with Crippen LogP contribution in [-0.4, -0.2) is 37.8 Å². The average molecular weight is 397 g/mol. The van der Waals surface area contributed by atoms with Crippen LogP contribution in [-0.2, 0) is 14.3 Å². The minimum atomic E-state index is -0.226. The predicted molar refractivity (Wildman–Crippen MR) is 114 cm³/mol. The maximum atomic E-state index is 12.1. The number of amides is 1. The van der Waals surface area contributed by atoms with E-state index in [9.17, 15) is 4.79 Å². The van der Waals surface area contributed by atoms with Crippen LogP contribution in [0, 0.1) is 13.8 Å². The van der Waals surface area contributed by atoms with Gasteiger partial charge in [0.05, 0.1) is 23.8 Å². The van der Waals surface area contributed by atoms with Crippen molar-refractivity contribution in [1.82, 2.24) is 4.98 Å². The topological polar surface area (TPSA) is 60.5 Å². The van der Waals surface area contributed by atoms with Gasteiger partial charge >= 0.3 is 0 Å². The Balaban J connectivity index is 1.86. The standard InChI is InChI=1S/C22H24N2O3S/c1-15-4-8-17(9-5-15)20-21(18-10-6-16(2)7-11-18)28-22(24-20)23-19(25)14-27-13-12-26-3/h4-11H,12-14H2,1-3H3,(H,23,24,25). The van der Waals surface area contributed by atoms with Gasteiger partial charge in [-0.05, 0) is 19.4 Å². The normalized spacial score (nSPS) is 10.8. The van der Waals surface area contributed by atoms with Crippen molar-refractivity contribution in [2.45, 2.75) is 13.8 Å². The first-order valence-electron chi connectivity index (χ1n) is 9.08. The Labute approximate surface area is 169 Å². The highest BCUT2D eigenvalue weighted by Crippen LogP contribution is 2.39. The van der Waals surface area contributed by atoms with Gasteiger partial charge in [0.25, 0.3) is 5.91 Å². The molecule has 0 atom stereocenters. The Morgan fingerprint density at radius 1 is 0.964 bits per heavy atom. The van der Waals surface area contributed by atoms with Crippen LogP contribution >= 0.6 is 11.3 Å². The van der Waals surface area contributed by atoms with Crippen LogP contribution in [0.3, 0.4) is 0 Å². The Morgan fingerprint density at radius 3 is 2.18 bits per heavy atom. The summed E-state index contributed by atoms with van der Waals surface area (Å²) in [5, 5.41) is 3.41. The van der Waals surface area contributed by atoms with Crippen LogP contribution < -0.4 is 5.32 Å². The third kappa shape index (κ3) is 5.25. The molecule has 0 aliphatic carbocycles. The van der Waals surface area contributed by atoms with E-state index in [2.05, 4.69) is 67.7 Å². The second-order valence-electron chi connectivity index (χ2n) is 6.52. The fourth-order valence-corrected chi connectivity index (χ4v) is 3.65. The van der Waals surface area contributed by atoms with E-state index >= 15 is 0 Å². The molecule has 0 aliphatic rings. The van der Waals surface area contributed by atoms with Crippen LogP contribution in [0.4, 0.5) is 5.13 Å². The van der Waals surface area contributed by atoms with Gasteiger partial charge in [-0.25, -0.2) is 4.98 Å². The Kier molecular flexibility index (Phi) is 6.92. The highest BCUT2D eigenvalue weighted by Gasteiger charge is 2.16. The summed E-state index contributed by atoms with van der Waals surface area (Å²) >= 11 is 1.47. The van der Waals surface area contributed by atoms with E-state index in [1.807, 2.05) is 0 Å². The van der Waals surface area contributed by atoms with Gasteiger partial charge in [-0.15, -0.1) is 0 Å². The lowest BCUT2D eigenvalue weighted by atomic mass is 10.0. The van der Waals surface area contributed by atoms with Crippen LogP contribution in [0.1, 0.15) is 11.1 Å². The first-order valence-corrected chi connectivity index (χ1v) is 9.90. The molecule has 28 heavy (non-hydrogen) atoms. The Hall–Kier alpha value is -2.54. The molecule has 0 saturated heterocycles. The van der Waals surface area contributed by atoms with Crippen molar-refractivity contribution < 1.29 is 14.3 Å². The molecule has 1 amide bonds. The van der Waals surface area contributed by atoms with Crippen LogP contribution in [0.2, 0.25) is 0 Å². The molecule has 146 valence electrons. The molecule has 0 saturated carbocycles. The summed E-state index contributed by atoms with van der Waals surface area (Å²) < 4.78 is 10.2. The number of rotatable bonds is 8. The summed E-state index contributed by atoms with van der Waals surface area (Å²) in [5.41, 5.74) is 5.36. The third-order valence-electron chi connectivity index (χ3n) is 4.18. The fourth-order valence-electron chi connectivity index (χ4n) is 2.64. The smallest absolute Gasteiger partial charge is 0.252 e. The predicted octanol–water partition coefficient (Wildman–Crippen LogP) is 4.70. The molecule has 3 rings (SSSR count). The first kappa shape index (κ1) is 20.2. The minimum absolute atomic E-state index is 0.0251. The molecule has 0 aliphatic heterocycles. The molecule has 1 N–H and O–H groups in total. The zero-order chi connectivity index (χ0) is 19.9. The summed E-state index contributed by atoms with van der Waals surface area (Å²) in [6.45, 7) is 4.93. The molecular formula is C22H24N2O3S. The van der Waals surface area contributed by atoms with Gasteiger partial charge in [0, 0.05) is 12.7 Å². The first-order chi connectivity index (χ1) is 13.6. The number of aromatic nitrogens is 1. The lowest BCUT2D eigenvalue weighted by Crippen LogP contribution is -2.19. The lowest BCUT2D eigenvalue weighted by Gasteiger charge is -2.04. The molecule has 0 spiro atoms. The van der Waals surface area contributed by atoms with E-state index in [1.165, 1.54) is 22.5 Å². The maximum Gasteiger partial charge on any atom is 0.252 e. The van der Waals surface area contributed by atoms with Crippen molar-refractivity contribution in [2.24, 2.45) is 0 Å². The molecule has 0 radical (unpaired) electrons. The van der Waals surface area contributed by atoms with E-state index < -0.39 is 0 Å². The zero-order valence-corrected chi connectivity index (χ0v) is 17.1. The van der Waals surface area contributed by atoms with Gasteiger partial charge in [0.2, 0.25) is 0 Å². The second kappa shape index (κ2) is 9.59. The number of hydrogen-bond donors (Lipinski definition) is 1. The number of nitrogens with one attached hydrogen (secondary N) is 1. The summed E-state index contributed by atoms with van der Waals surface area (Å²) in [5.74, 6) is -0.226. The number of aryl methyl sites for hydroxylation is 2. The molecule has 0 unspecified atom stereocenters. The number of nitrogens with zero attached hydrogens (tertiary/aromatic N) is 1. The SMILES string of the molecule is COCCOCC(=O)Nc1nc(-c2ccc(C)cc2)c(-c2ccc(C)cc2)s1. The largest absolute Gasteiger partial charge is 0.382 e. The number of ether oxygens (including phenoxy) is 2. The van der Waals surface area contributed by atoms with Crippen molar-refractivity contribution in [3.63, 3.8) is 0 Å². The molecule has 3 aromatic rings. The molecule has 6 heteroatoms. The Morgan fingerprint density at radius 2 is 1.57 bits per heavy atom. The molecular weight excluding hydrogens is 372 g/mol. The number of hydrogen-bond acceptors (Lipinski definition) is 5. The van der Waals surface area contributed by atoms with E-state index in [1.54, 1.807) is 7.11 Å². The maximum absolute atomic E-state index is 12.1. The Bertz CT molecular complexity index is 855. The fraction of sp³-hybridized carbons (Fsp3) is 0.273. The van der Waals surface area contributed by atoms with Gasteiger partial charge < -0.3 is 9.47 Å². The second-order valence-corrected chi connectivity index (χ2v) is 7.52. The average Bonchev–Trinajstić information content (AvgIpc) is 3.10. The molecule has 5 nitrogen and oxygen atoms in total. The van der Waals surface area contributed by atoms with Crippen LogP contribution in [0.15, 0.2) is 48.5 Å². The van der Waals surface area contributed by atoms with Gasteiger partial charge in [0.15, 0.2) is 5.13 Å².